The van der Waals surface area contributed by atoms with Crippen molar-refractivity contribution >= 4 is 27.7 Å². The highest BCUT2D eigenvalue weighted by molar-refractivity contribution is 9.10. The van der Waals surface area contributed by atoms with Gasteiger partial charge in [0.05, 0.1) is 4.47 Å². The van der Waals surface area contributed by atoms with Crippen LogP contribution in [0.25, 0.3) is 0 Å². The number of hydrogen-bond acceptors (Lipinski definition) is 3. The predicted molar refractivity (Wildman–Crippen MR) is 83.0 cm³/mol. The predicted octanol–water partition coefficient (Wildman–Crippen LogP) is 2.10. The Morgan fingerprint density at radius 1 is 1.32 bits per heavy atom. The van der Waals surface area contributed by atoms with E-state index in [-0.39, 0.29) is 24.2 Å². The smallest absolute Gasteiger partial charge is 0.257 e. The van der Waals surface area contributed by atoms with Gasteiger partial charge in [0.25, 0.3) is 5.91 Å². The maximum Gasteiger partial charge on any atom is 0.257 e. The molecular weight excluding hydrogens is 355 g/mol. The van der Waals surface area contributed by atoms with Crippen LogP contribution in [0.1, 0.15) is 19.3 Å². The average molecular weight is 373 g/mol. The lowest BCUT2D eigenvalue weighted by molar-refractivity contribution is -0.130. The summed E-state index contributed by atoms with van der Waals surface area (Å²) >= 11 is 3.16. The number of carbonyl (C=O) groups is 2. The fourth-order valence-corrected chi connectivity index (χ4v) is 2.69. The third kappa shape index (κ3) is 4.98. The van der Waals surface area contributed by atoms with Crippen LogP contribution in [0.5, 0.6) is 5.75 Å². The van der Waals surface area contributed by atoms with E-state index in [1.165, 1.54) is 18.2 Å². The monoisotopic (exact) mass is 372 g/mol. The average Bonchev–Trinajstić information content (AvgIpc) is 3.00. The van der Waals surface area contributed by atoms with E-state index in [2.05, 4.69) is 21.2 Å². The molecule has 0 aromatic heterocycles. The molecule has 1 fully saturated rings. The van der Waals surface area contributed by atoms with Gasteiger partial charge in [0, 0.05) is 26.1 Å². The number of amides is 2. The molecule has 1 aliphatic rings. The first-order chi connectivity index (χ1) is 10.6. The minimum atomic E-state index is -0.385. The zero-order chi connectivity index (χ0) is 15.9. The van der Waals surface area contributed by atoms with E-state index in [0.717, 1.165) is 25.9 Å². The highest BCUT2D eigenvalue weighted by Crippen LogP contribution is 2.25. The van der Waals surface area contributed by atoms with Crippen molar-refractivity contribution in [3.8, 4) is 5.75 Å². The van der Waals surface area contributed by atoms with Crippen molar-refractivity contribution in [2.45, 2.75) is 19.3 Å². The minimum Gasteiger partial charge on any atom is -0.483 e. The Labute approximate surface area is 136 Å². The van der Waals surface area contributed by atoms with Crippen molar-refractivity contribution in [3.05, 3.63) is 28.5 Å². The molecule has 120 valence electrons. The number of halogens is 2. The molecule has 1 saturated heterocycles. The Morgan fingerprint density at radius 2 is 2.05 bits per heavy atom. The third-order valence-electron chi connectivity index (χ3n) is 3.37. The molecule has 0 bridgehead atoms. The lowest BCUT2D eigenvalue weighted by Crippen LogP contribution is -2.34. The molecule has 1 aromatic rings. The van der Waals surface area contributed by atoms with Gasteiger partial charge in [0.2, 0.25) is 5.91 Å². The second kappa shape index (κ2) is 8.12. The van der Waals surface area contributed by atoms with Crippen LogP contribution in [-0.2, 0) is 9.59 Å². The van der Waals surface area contributed by atoms with Crippen molar-refractivity contribution < 1.29 is 18.7 Å². The van der Waals surface area contributed by atoms with E-state index < -0.39 is 0 Å². The molecular formula is C15H18BrFN2O3. The van der Waals surface area contributed by atoms with Crippen LogP contribution < -0.4 is 10.1 Å². The summed E-state index contributed by atoms with van der Waals surface area (Å²) < 4.78 is 18.7. The molecule has 1 N–H and O–H groups in total. The second-order valence-corrected chi connectivity index (χ2v) is 5.91. The van der Waals surface area contributed by atoms with E-state index in [1.807, 2.05) is 4.90 Å². The normalized spacial score (nSPS) is 14.0. The van der Waals surface area contributed by atoms with Crippen molar-refractivity contribution in [3.63, 3.8) is 0 Å². The first-order valence-electron chi connectivity index (χ1n) is 7.18. The van der Waals surface area contributed by atoms with Crippen molar-refractivity contribution in [2.75, 3.05) is 26.2 Å². The van der Waals surface area contributed by atoms with Gasteiger partial charge in [0.1, 0.15) is 11.6 Å². The largest absolute Gasteiger partial charge is 0.483 e. The van der Waals surface area contributed by atoms with Gasteiger partial charge in [-0.3, -0.25) is 9.59 Å². The number of hydrogen-bond donors (Lipinski definition) is 1. The van der Waals surface area contributed by atoms with Gasteiger partial charge in [-0.25, -0.2) is 4.39 Å². The summed E-state index contributed by atoms with van der Waals surface area (Å²) in [4.78, 5) is 25.2. The number of likely N-dealkylation sites (tertiary alicyclic amines) is 1. The number of ether oxygens (including phenoxy) is 1. The van der Waals surface area contributed by atoms with Crippen LogP contribution in [0.3, 0.4) is 0 Å². The van der Waals surface area contributed by atoms with Gasteiger partial charge in [-0.05, 0) is 47.0 Å². The van der Waals surface area contributed by atoms with Gasteiger partial charge >= 0.3 is 0 Å². The van der Waals surface area contributed by atoms with Crippen molar-refractivity contribution in [1.82, 2.24) is 10.2 Å². The lowest BCUT2D eigenvalue weighted by Gasteiger charge is -2.15. The molecule has 7 heteroatoms. The number of nitrogens with one attached hydrogen (secondary N) is 1. The van der Waals surface area contributed by atoms with Crippen LogP contribution >= 0.6 is 15.9 Å². The fraction of sp³-hybridized carbons (Fsp3) is 0.467. The summed E-state index contributed by atoms with van der Waals surface area (Å²) in [6.07, 6.45) is 2.41. The summed E-state index contributed by atoms with van der Waals surface area (Å²) in [6, 6.07) is 3.97. The Balaban J connectivity index is 1.66. The number of rotatable bonds is 6. The molecule has 2 rings (SSSR count). The molecule has 22 heavy (non-hydrogen) atoms. The molecule has 5 nitrogen and oxygen atoms in total. The quantitative estimate of drug-likeness (QED) is 0.831. The molecule has 1 aromatic carbocycles. The SMILES string of the molecule is O=C(COc1ccc(F)cc1Br)NCCC(=O)N1CCCC1. The summed E-state index contributed by atoms with van der Waals surface area (Å²) in [5, 5.41) is 2.64. The van der Waals surface area contributed by atoms with Gasteiger partial charge in [-0.15, -0.1) is 0 Å². The molecule has 0 radical (unpaired) electrons. The van der Waals surface area contributed by atoms with E-state index in [1.54, 1.807) is 0 Å². The minimum absolute atomic E-state index is 0.0694. The number of benzene rings is 1. The van der Waals surface area contributed by atoms with Gasteiger partial charge in [0.15, 0.2) is 6.61 Å². The standard InChI is InChI=1S/C15H18BrFN2O3/c16-12-9-11(17)3-4-13(12)22-10-14(20)18-6-5-15(21)19-7-1-2-8-19/h3-4,9H,1-2,5-8,10H2,(H,18,20). The highest BCUT2D eigenvalue weighted by atomic mass is 79.9. The molecule has 0 saturated carbocycles. The zero-order valence-electron chi connectivity index (χ0n) is 12.1. The summed E-state index contributed by atoms with van der Waals surface area (Å²) in [7, 11) is 0. The maximum absolute atomic E-state index is 12.9. The first-order valence-corrected chi connectivity index (χ1v) is 7.98. The summed E-state index contributed by atoms with van der Waals surface area (Å²) in [5.74, 6) is -0.237. The van der Waals surface area contributed by atoms with E-state index in [9.17, 15) is 14.0 Å². The van der Waals surface area contributed by atoms with Gasteiger partial charge < -0.3 is 15.0 Å². The second-order valence-electron chi connectivity index (χ2n) is 5.05. The molecule has 0 unspecified atom stereocenters. The first kappa shape index (κ1) is 16.7. The van der Waals surface area contributed by atoms with Crippen LogP contribution in [0, 0.1) is 5.82 Å². The molecule has 0 aliphatic carbocycles. The summed E-state index contributed by atoms with van der Waals surface area (Å²) in [5.41, 5.74) is 0. The topological polar surface area (TPSA) is 58.6 Å². The van der Waals surface area contributed by atoms with E-state index >= 15 is 0 Å². The van der Waals surface area contributed by atoms with Gasteiger partial charge in [-0.1, -0.05) is 0 Å². The van der Waals surface area contributed by atoms with Crippen LogP contribution in [0.4, 0.5) is 4.39 Å². The zero-order valence-corrected chi connectivity index (χ0v) is 13.7. The molecule has 0 spiro atoms. The molecule has 2 amide bonds. The van der Waals surface area contributed by atoms with Crippen molar-refractivity contribution in [2.24, 2.45) is 0 Å². The number of nitrogens with zero attached hydrogens (tertiary/aromatic N) is 1. The Morgan fingerprint density at radius 3 is 2.73 bits per heavy atom. The Bertz CT molecular complexity index is 548. The summed E-state index contributed by atoms with van der Waals surface area (Å²) in [6.45, 7) is 1.74. The van der Waals surface area contributed by atoms with Gasteiger partial charge in [-0.2, -0.15) is 0 Å². The molecule has 1 heterocycles. The van der Waals surface area contributed by atoms with Crippen LogP contribution in [0.2, 0.25) is 0 Å². The molecule has 0 atom stereocenters. The van der Waals surface area contributed by atoms with E-state index in [0.29, 0.717) is 23.2 Å². The molecule has 1 aliphatic heterocycles. The van der Waals surface area contributed by atoms with Crippen LogP contribution in [0.15, 0.2) is 22.7 Å². The Hall–Kier alpha value is -1.63. The van der Waals surface area contributed by atoms with Crippen LogP contribution in [-0.4, -0.2) is 43.0 Å². The number of carbonyl (C=O) groups excluding carboxylic acids is 2. The lowest BCUT2D eigenvalue weighted by atomic mass is 10.3. The third-order valence-corrected chi connectivity index (χ3v) is 3.99. The highest BCUT2D eigenvalue weighted by Gasteiger charge is 2.17. The fourth-order valence-electron chi connectivity index (χ4n) is 2.22. The maximum atomic E-state index is 12.9. The van der Waals surface area contributed by atoms with Crippen molar-refractivity contribution in [1.29, 1.82) is 0 Å². The Kier molecular flexibility index (Phi) is 6.18. The van der Waals surface area contributed by atoms with E-state index in [4.69, 9.17) is 4.74 Å².